The van der Waals surface area contributed by atoms with Crippen LogP contribution in [0.25, 0.3) is 10.9 Å². The molecule has 0 radical (unpaired) electrons. The van der Waals surface area contributed by atoms with Crippen LogP contribution in [-0.2, 0) is 27.4 Å². The number of aromatic amines is 1. The lowest BCUT2D eigenvalue weighted by molar-refractivity contribution is -0.152. The monoisotopic (exact) mass is 395 g/mol. The summed E-state index contributed by atoms with van der Waals surface area (Å²) in [4.78, 5) is 28.0. The molecule has 1 amide bonds. The smallest absolute Gasteiger partial charge is 0.331 e. The number of nitrogens with one attached hydrogen (secondary N) is 2. The van der Waals surface area contributed by atoms with Gasteiger partial charge in [-0.05, 0) is 30.5 Å². The fraction of sp³-hybridized carbons (Fsp3) is 0.273. The van der Waals surface area contributed by atoms with Gasteiger partial charge in [-0.15, -0.1) is 0 Å². The Morgan fingerprint density at radius 1 is 1.14 bits per heavy atom. The van der Waals surface area contributed by atoms with Crippen LogP contribution in [0.15, 0.2) is 60.8 Å². The zero-order valence-corrected chi connectivity index (χ0v) is 16.2. The molecular weight excluding hydrogens is 370 g/mol. The lowest BCUT2D eigenvalue weighted by Gasteiger charge is -2.22. The highest BCUT2D eigenvalue weighted by Gasteiger charge is 2.29. The zero-order valence-electron chi connectivity index (χ0n) is 16.2. The van der Waals surface area contributed by atoms with Gasteiger partial charge in [0.2, 0.25) is 5.91 Å². The molecule has 0 saturated carbocycles. The Labute approximate surface area is 168 Å². The Hall–Kier alpha value is -3.16. The molecule has 3 rings (SSSR count). The first-order valence-corrected chi connectivity index (χ1v) is 9.45. The third kappa shape index (κ3) is 5.22. The SMILES string of the molecule is C[C@@H](O)[C@H](NC(=O)[C@@H](N)Cc1c[nH]c2ccccc12)C(=O)OCc1ccccc1. The third-order valence-electron chi connectivity index (χ3n) is 4.71. The van der Waals surface area contributed by atoms with Crippen LogP contribution in [0, 0.1) is 0 Å². The summed E-state index contributed by atoms with van der Waals surface area (Å²) in [7, 11) is 0. The number of carbonyl (C=O) groups is 2. The van der Waals surface area contributed by atoms with Gasteiger partial charge in [-0.3, -0.25) is 4.79 Å². The summed E-state index contributed by atoms with van der Waals surface area (Å²) in [6, 6.07) is 14.8. The van der Waals surface area contributed by atoms with Crippen LogP contribution in [0.3, 0.4) is 0 Å². The quantitative estimate of drug-likeness (QED) is 0.433. The molecule has 3 atom stereocenters. The van der Waals surface area contributed by atoms with E-state index in [2.05, 4.69) is 10.3 Å². The van der Waals surface area contributed by atoms with E-state index in [9.17, 15) is 14.7 Å². The first-order valence-electron chi connectivity index (χ1n) is 9.45. The first kappa shape index (κ1) is 20.6. The maximum atomic E-state index is 12.5. The van der Waals surface area contributed by atoms with Crippen LogP contribution in [0.2, 0.25) is 0 Å². The number of aliphatic hydroxyl groups excluding tert-OH is 1. The van der Waals surface area contributed by atoms with Crippen molar-refractivity contribution in [3.05, 3.63) is 71.9 Å². The highest BCUT2D eigenvalue weighted by Crippen LogP contribution is 2.18. The largest absolute Gasteiger partial charge is 0.459 e. The number of aliphatic hydroxyl groups is 1. The fourth-order valence-electron chi connectivity index (χ4n) is 3.09. The highest BCUT2D eigenvalue weighted by molar-refractivity contribution is 5.89. The van der Waals surface area contributed by atoms with E-state index in [0.29, 0.717) is 6.42 Å². The van der Waals surface area contributed by atoms with Gasteiger partial charge in [0.1, 0.15) is 6.61 Å². The normalized spacial score (nSPS) is 14.2. The summed E-state index contributed by atoms with van der Waals surface area (Å²) in [6.45, 7) is 1.47. The Balaban J connectivity index is 1.60. The lowest BCUT2D eigenvalue weighted by atomic mass is 10.0. The van der Waals surface area contributed by atoms with E-state index in [-0.39, 0.29) is 6.61 Å². The zero-order chi connectivity index (χ0) is 20.8. The van der Waals surface area contributed by atoms with Gasteiger partial charge in [0.05, 0.1) is 12.1 Å². The van der Waals surface area contributed by atoms with E-state index < -0.39 is 30.1 Å². The number of fused-ring (bicyclic) bond motifs is 1. The Kier molecular flexibility index (Phi) is 6.64. The van der Waals surface area contributed by atoms with E-state index in [1.807, 2.05) is 60.8 Å². The van der Waals surface area contributed by atoms with Crippen LogP contribution >= 0.6 is 0 Å². The summed E-state index contributed by atoms with van der Waals surface area (Å²) in [5.41, 5.74) is 8.73. The molecule has 7 heteroatoms. The maximum absolute atomic E-state index is 12.5. The molecule has 7 nitrogen and oxygen atoms in total. The first-order chi connectivity index (χ1) is 14.0. The van der Waals surface area contributed by atoms with Crippen LogP contribution < -0.4 is 11.1 Å². The number of nitrogens with two attached hydrogens (primary N) is 1. The average molecular weight is 395 g/mol. The average Bonchev–Trinajstić information content (AvgIpc) is 3.13. The van der Waals surface area contributed by atoms with Crippen LogP contribution in [0.4, 0.5) is 0 Å². The van der Waals surface area contributed by atoms with Crippen molar-refractivity contribution in [2.24, 2.45) is 5.73 Å². The molecule has 1 aromatic heterocycles. The summed E-state index contributed by atoms with van der Waals surface area (Å²) < 4.78 is 5.24. The van der Waals surface area contributed by atoms with Gasteiger partial charge < -0.3 is 25.9 Å². The van der Waals surface area contributed by atoms with Crippen molar-refractivity contribution < 1.29 is 19.4 Å². The number of ether oxygens (including phenoxy) is 1. The standard InChI is InChI=1S/C22H25N3O4/c1-14(26)20(22(28)29-13-15-7-3-2-4-8-15)25-21(27)18(23)11-16-12-24-19-10-6-5-9-17(16)19/h2-10,12,14,18,20,24,26H,11,13,23H2,1H3,(H,25,27)/t14-,18+,20+/m1/s1. The number of hydrogen-bond donors (Lipinski definition) is 4. The topological polar surface area (TPSA) is 117 Å². The van der Waals surface area contributed by atoms with Crippen molar-refractivity contribution in [2.75, 3.05) is 0 Å². The number of aromatic nitrogens is 1. The van der Waals surface area contributed by atoms with E-state index >= 15 is 0 Å². The predicted molar refractivity (Wildman–Crippen MR) is 110 cm³/mol. The molecule has 152 valence electrons. The summed E-state index contributed by atoms with van der Waals surface area (Å²) in [6.07, 6.45) is 0.988. The predicted octanol–water partition coefficient (Wildman–Crippen LogP) is 1.65. The minimum atomic E-state index is -1.19. The van der Waals surface area contributed by atoms with Gasteiger partial charge in [0, 0.05) is 17.1 Å². The minimum absolute atomic E-state index is 0.0557. The second-order valence-corrected chi connectivity index (χ2v) is 6.99. The van der Waals surface area contributed by atoms with Gasteiger partial charge in [-0.1, -0.05) is 48.5 Å². The molecule has 0 aliphatic rings. The number of para-hydroxylation sites is 1. The third-order valence-corrected chi connectivity index (χ3v) is 4.71. The molecule has 0 saturated heterocycles. The van der Waals surface area contributed by atoms with Crippen LogP contribution in [-0.4, -0.2) is 40.2 Å². The van der Waals surface area contributed by atoms with Crippen molar-refractivity contribution in [3.8, 4) is 0 Å². The second kappa shape index (κ2) is 9.36. The molecule has 0 fully saturated rings. The molecule has 3 aromatic rings. The van der Waals surface area contributed by atoms with E-state index in [1.54, 1.807) is 0 Å². The number of rotatable bonds is 8. The van der Waals surface area contributed by atoms with Crippen LogP contribution in [0.1, 0.15) is 18.1 Å². The number of hydrogen-bond acceptors (Lipinski definition) is 5. The molecule has 0 bridgehead atoms. The van der Waals surface area contributed by atoms with Gasteiger partial charge in [-0.2, -0.15) is 0 Å². The molecule has 0 aliphatic carbocycles. The highest BCUT2D eigenvalue weighted by atomic mass is 16.5. The molecule has 0 unspecified atom stereocenters. The lowest BCUT2D eigenvalue weighted by Crippen LogP contribution is -2.53. The number of esters is 1. The Morgan fingerprint density at radius 2 is 1.83 bits per heavy atom. The van der Waals surface area contributed by atoms with Crippen LogP contribution in [0.5, 0.6) is 0 Å². The summed E-state index contributed by atoms with van der Waals surface area (Å²) in [5.74, 6) is -1.24. The van der Waals surface area contributed by atoms with E-state index in [0.717, 1.165) is 22.0 Å². The number of amides is 1. The van der Waals surface area contributed by atoms with Crippen molar-refractivity contribution in [1.82, 2.24) is 10.3 Å². The van der Waals surface area contributed by atoms with Crippen molar-refractivity contribution in [3.63, 3.8) is 0 Å². The van der Waals surface area contributed by atoms with Crippen molar-refractivity contribution in [2.45, 2.75) is 38.1 Å². The van der Waals surface area contributed by atoms with Gasteiger partial charge in [0.15, 0.2) is 6.04 Å². The van der Waals surface area contributed by atoms with Gasteiger partial charge in [0.25, 0.3) is 0 Å². The molecule has 0 spiro atoms. The van der Waals surface area contributed by atoms with E-state index in [1.165, 1.54) is 6.92 Å². The molecule has 5 N–H and O–H groups in total. The Morgan fingerprint density at radius 3 is 2.55 bits per heavy atom. The summed E-state index contributed by atoms with van der Waals surface area (Å²) >= 11 is 0. The van der Waals surface area contributed by atoms with E-state index in [4.69, 9.17) is 10.5 Å². The fourth-order valence-corrected chi connectivity index (χ4v) is 3.09. The van der Waals surface area contributed by atoms with Gasteiger partial charge >= 0.3 is 5.97 Å². The van der Waals surface area contributed by atoms with Crippen molar-refractivity contribution in [1.29, 1.82) is 0 Å². The molecule has 29 heavy (non-hydrogen) atoms. The summed E-state index contributed by atoms with van der Waals surface area (Å²) in [5, 5.41) is 13.5. The molecular formula is C22H25N3O4. The van der Waals surface area contributed by atoms with Crippen molar-refractivity contribution >= 4 is 22.8 Å². The minimum Gasteiger partial charge on any atom is -0.459 e. The molecule has 2 aromatic carbocycles. The number of benzene rings is 2. The second-order valence-electron chi connectivity index (χ2n) is 6.99. The number of carbonyl (C=O) groups excluding carboxylic acids is 2. The van der Waals surface area contributed by atoms with Gasteiger partial charge in [-0.25, -0.2) is 4.79 Å². The molecule has 1 heterocycles. The Bertz CT molecular complexity index is 968. The maximum Gasteiger partial charge on any atom is 0.331 e. The number of H-pyrrole nitrogens is 1. The molecule has 0 aliphatic heterocycles.